The smallest absolute Gasteiger partial charge is 0.250 e. The van der Waals surface area contributed by atoms with E-state index >= 15 is 0 Å². The van der Waals surface area contributed by atoms with Crippen molar-refractivity contribution in [1.29, 1.82) is 0 Å². The highest BCUT2D eigenvalue weighted by Gasteiger charge is 2.17. The van der Waals surface area contributed by atoms with Crippen LogP contribution in [0.15, 0.2) is 71.6 Å². The molecule has 0 bridgehead atoms. The van der Waals surface area contributed by atoms with Gasteiger partial charge in [-0.3, -0.25) is 4.79 Å². The maximum absolute atomic E-state index is 12.0. The number of aromatic amines is 1. The first-order valence-electron chi connectivity index (χ1n) is 9.34. The Morgan fingerprint density at radius 2 is 1.67 bits per heavy atom. The number of fused-ring (bicyclic) bond motifs is 1. The SMILES string of the molecule is CS(=O)(=O)c1ccc(-c2cc3c(-c4ccccc4CN)ccc(C(N)=O)c3[nH]2)cc1. The molecule has 4 rings (SSSR count). The van der Waals surface area contributed by atoms with Gasteiger partial charge >= 0.3 is 0 Å². The van der Waals surface area contributed by atoms with Crippen molar-refractivity contribution in [3.8, 4) is 22.4 Å². The fraction of sp³-hybridized carbons (Fsp3) is 0.0870. The van der Waals surface area contributed by atoms with Gasteiger partial charge in [0.1, 0.15) is 0 Å². The first-order chi connectivity index (χ1) is 14.3. The number of amides is 1. The molecular weight excluding hydrogens is 398 g/mol. The van der Waals surface area contributed by atoms with Gasteiger partial charge in [0.05, 0.1) is 16.0 Å². The van der Waals surface area contributed by atoms with Crippen LogP contribution in [0.1, 0.15) is 15.9 Å². The van der Waals surface area contributed by atoms with Crippen LogP contribution in [0, 0.1) is 0 Å². The van der Waals surface area contributed by atoms with Crippen LogP contribution < -0.4 is 11.5 Å². The number of hydrogen-bond donors (Lipinski definition) is 3. The number of carbonyl (C=O) groups is 1. The number of nitrogens with two attached hydrogens (primary N) is 2. The highest BCUT2D eigenvalue weighted by molar-refractivity contribution is 7.90. The number of H-pyrrole nitrogens is 1. The van der Waals surface area contributed by atoms with Gasteiger partial charge in [-0.25, -0.2) is 8.42 Å². The van der Waals surface area contributed by atoms with Crippen molar-refractivity contribution < 1.29 is 13.2 Å². The second-order valence-corrected chi connectivity index (χ2v) is 9.17. The van der Waals surface area contributed by atoms with Crippen LogP contribution in [-0.4, -0.2) is 25.6 Å². The average molecular weight is 420 g/mol. The van der Waals surface area contributed by atoms with E-state index < -0.39 is 15.7 Å². The largest absolute Gasteiger partial charge is 0.366 e. The van der Waals surface area contributed by atoms with Crippen molar-refractivity contribution in [1.82, 2.24) is 4.98 Å². The van der Waals surface area contributed by atoms with Crippen molar-refractivity contribution in [2.75, 3.05) is 6.26 Å². The second-order valence-electron chi connectivity index (χ2n) is 7.15. The van der Waals surface area contributed by atoms with Crippen molar-refractivity contribution in [3.05, 3.63) is 77.9 Å². The fourth-order valence-electron chi connectivity index (χ4n) is 3.66. The summed E-state index contributed by atoms with van der Waals surface area (Å²) in [6, 6.07) is 20.0. The number of sulfone groups is 1. The van der Waals surface area contributed by atoms with Crippen LogP contribution in [0.2, 0.25) is 0 Å². The molecule has 0 saturated carbocycles. The van der Waals surface area contributed by atoms with Gasteiger partial charge in [0.15, 0.2) is 9.84 Å². The van der Waals surface area contributed by atoms with Gasteiger partial charge in [0.25, 0.3) is 5.91 Å². The standard InChI is InChI=1S/C23H21N3O3S/c1-30(28,29)16-8-6-14(7-9-16)21-12-20-18(17-5-3-2-4-15(17)13-24)10-11-19(23(25)27)22(20)26-21/h2-12,26H,13,24H2,1H3,(H2,25,27). The summed E-state index contributed by atoms with van der Waals surface area (Å²) in [6.45, 7) is 0.388. The van der Waals surface area contributed by atoms with Crippen molar-refractivity contribution >= 4 is 26.6 Å². The first kappa shape index (κ1) is 19.9. The van der Waals surface area contributed by atoms with Gasteiger partial charge in [-0.05, 0) is 46.5 Å². The molecular formula is C23H21N3O3S. The number of hydrogen-bond acceptors (Lipinski definition) is 4. The number of benzene rings is 3. The third-order valence-corrected chi connectivity index (χ3v) is 6.31. The molecule has 0 radical (unpaired) electrons. The summed E-state index contributed by atoms with van der Waals surface area (Å²) >= 11 is 0. The Bertz CT molecular complexity index is 1370. The van der Waals surface area contributed by atoms with Gasteiger partial charge in [0, 0.05) is 23.9 Å². The summed E-state index contributed by atoms with van der Waals surface area (Å²) in [5, 5.41) is 0.842. The maximum atomic E-state index is 12.0. The number of primary amides is 1. The lowest BCUT2D eigenvalue weighted by Gasteiger charge is -2.10. The molecule has 152 valence electrons. The van der Waals surface area contributed by atoms with Crippen molar-refractivity contribution in [3.63, 3.8) is 0 Å². The quantitative estimate of drug-likeness (QED) is 0.459. The van der Waals surface area contributed by atoms with E-state index in [4.69, 9.17) is 11.5 Å². The zero-order valence-electron chi connectivity index (χ0n) is 16.3. The van der Waals surface area contributed by atoms with E-state index in [1.165, 1.54) is 6.26 Å². The molecule has 1 heterocycles. The van der Waals surface area contributed by atoms with E-state index in [1.807, 2.05) is 36.4 Å². The molecule has 0 aliphatic heterocycles. The molecule has 30 heavy (non-hydrogen) atoms. The zero-order valence-corrected chi connectivity index (χ0v) is 17.2. The lowest BCUT2D eigenvalue weighted by molar-refractivity contribution is 0.100. The molecule has 0 aliphatic carbocycles. The van der Waals surface area contributed by atoms with E-state index in [0.717, 1.165) is 33.3 Å². The summed E-state index contributed by atoms with van der Waals surface area (Å²) in [6.07, 6.45) is 1.17. The van der Waals surface area contributed by atoms with Crippen LogP contribution >= 0.6 is 0 Å². The molecule has 4 aromatic rings. The predicted octanol–water partition coefficient (Wildman–Crippen LogP) is 3.46. The predicted molar refractivity (Wildman–Crippen MR) is 119 cm³/mol. The summed E-state index contributed by atoms with van der Waals surface area (Å²) in [7, 11) is -3.28. The van der Waals surface area contributed by atoms with Crippen LogP contribution in [0.25, 0.3) is 33.3 Å². The van der Waals surface area contributed by atoms with Crippen molar-refractivity contribution in [2.45, 2.75) is 11.4 Å². The molecule has 0 atom stereocenters. The highest BCUT2D eigenvalue weighted by atomic mass is 32.2. The monoisotopic (exact) mass is 419 g/mol. The van der Waals surface area contributed by atoms with E-state index in [-0.39, 0.29) is 4.90 Å². The Morgan fingerprint density at radius 1 is 0.967 bits per heavy atom. The molecule has 5 N–H and O–H groups in total. The minimum atomic E-state index is -3.28. The Balaban J connectivity index is 1.94. The molecule has 0 unspecified atom stereocenters. The lowest BCUT2D eigenvalue weighted by Crippen LogP contribution is -2.11. The highest BCUT2D eigenvalue weighted by Crippen LogP contribution is 2.35. The number of rotatable bonds is 5. The van der Waals surface area contributed by atoms with E-state index in [2.05, 4.69) is 4.98 Å². The molecule has 1 amide bonds. The molecule has 0 spiro atoms. The van der Waals surface area contributed by atoms with E-state index in [9.17, 15) is 13.2 Å². The maximum Gasteiger partial charge on any atom is 0.250 e. The Labute approximate surface area is 174 Å². The molecule has 7 heteroatoms. The minimum absolute atomic E-state index is 0.248. The minimum Gasteiger partial charge on any atom is -0.366 e. The third-order valence-electron chi connectivity index (χ3n) is 5.18. The Hall–Kier alpha value is -3.42. The van der Waals surface area contributed by atoms with Gasteiger partial charge in [0.2, 0.25) is 0 Å². The van der Waals surface area contributed by atoms with Crippen LogP contribution in [-0.2, 0) is 16.4 Å². The molecule has 1 aromatic heterocycles. The summed E-state index contributed by atoms with van der Waals surface area (Å²) in [5.41, 5.74) is 17.0. The van der Waals surface area contributed by atoms with Crippen LogP contribution in [0.3, 0.4) is 0 Å². The van der Waals surface area contributed by atoms with Crippen molar-refractivity contribution in [2.24, 2.45) is 11.5 Å². The summed E-state index contributed by atoms with van der Waals surface area (Å²) < 4.78 is 23.5. The van der Waals surface area contributed by atoms with E-state index in [1.54, 1.807) is 30.3 Å². The average Bonchev–Trinajstić information content (AvgIpc) is 3.17. The lowest BCUT2D eigenvalue weighted by atomic mass is 9.95. The van der Waals surface area contributed by atoms with Gasteiger partial charge in [-0.1, -0.05) is 42.5 Å². The normalized spacial score (nSPS) is 11.7. The molecule has 0 saturated heterocycles. The van der Waals surface area contributed by atoms with Gasteiger partial charge in [-0.2, -0.15) is 0 Å². The Kier molecular flexibility index (Phi) is 4.93. The summed E-state index contributed by atoms with van der Waals surface area (Å²) in [4.78, 5) is 15.5. The molecule has 0 fully saturated rings. The van der Waals surface area contributed by atoms with Gasteiger partial charge < -0.3 is 16.5 Å². The number of carbonyl (C=O) groups excluding carboxylic acids is 1. The molecule has 3 aromatic carbocycles. The Morgan fingerprint density at radius 3 is 2.30 bits per heavy atom. The second kappa shape index (κ2) is 7.44. The molecule has 6 nitrogen and oxygen atoms in total. The van der Waals surface area contributed by atoms with Gasteiger partial charge in [-0.15, -0.1) is 0 Å². The summed E-state index contributed by atoms with van der Waals surface area (Å²) in [5.74, 6) is -0.528. The fourth-order valence-corrected chi connectivity index (χ4v) is 4.29. The number of nitrogens with one attached hydrogen (secondary N) is 1. The van der Waals surface area contributed by atoms with Crippen LogP contribution in [0.4, 0.5) is 0 Å². The molecule has 0 aliphatic rings. The van der Waals surface area contributed by atoms with Crippen LogP contribution in [0.5, 0.6) is 0 Å². The number of aromatic nitrogens is 1. The first-order valence-corrected chi connectivity index (χ1v) is 11.2. The topological polar surface area (TPSA) is 119 Å². The zero-order chi connectivity index (χ0) is 21.5. The van der Waals surface area contributed by atoms with E-state index in [0.29, 0.717) is 17.6 Å². The third kappa shape index (κ3) is 3.49.